The molecular weight excluding hydrogens is 322 g/mol. The molecule has 2 N–H and O–H groups in total. The van der Waals surface area contributed by atoms with Gasteiger partial charge < -0.3 is 14.8 Å². The lowest BCUT2D eigenvalue weighted by atomic mass is 9.95. The zero-order valence-electron chi connectivity index (χ0n) is 13.3. The molecule has 0 bridgehead atoms. The van der Waals surface area contributed by atoms with Crippen molar-refractivity contribution < 1.29 is 9.84 Å². The average molecular weight is 342 g/mol. The molecule has 2 atom stereocenters. The molecule has 0 amide bonds. The number of rotatable bonds is 3. The van der Waals surface area contributed by atoms with Crippen molar-refractivity contribution in [3.63, 3.8) is 0 Å². The molecule has 2 aromatic carbocycles. The molecule has 4 rings (SSSR count). The molecule has 3 aromatic rings. The van der Waals surface area contributed by atoms with Crippen molar-refractivity contribution in [3.8, 4) is 16.9 Å². The molecule has 0 radical (unpaired) electrons. The van der Waals surface area contributed by atoms with Crippen LogP contribution in [0.4, 0.5) is 0 Å². The fraction of sp³-hybridized carbons (Fsp3) is 0.300. The maximum absolute atomic E-state index is 10.0. The molecule has 24 heavy (non-hydrogen) atoms. The van der Waals surface area contributed by atoms with Crippen LogP contribution in [-0.4, -0.2) is 22.3 Å². The summed E-state index contributed by atoms with van der Waals surface area (Å²) in [6.45, 7) is 0. The van der Waals surface area contributed by atoms with Crippen molar-refractivity contribution in [2.45, 2.75) is 37.9 Å². The summed E-state index contributed by atoms with van der Waals surface area (Å²) < 4.78 is 5.96. The number of H-pyrrole nitrogens is 1. The number of ether oxygens (including phenoxy) is 1. The minimum Gasteiger partial charge on any atom is -0.488 e. The van der Waals surface area contributed by atoms with E-state index in [0.29, 0.717) is 0 Å². The van der Waals surface area contributed by atoms with E-state index in [1.54, 1.807) is 0 Å². The Morgan fingerprint density at radius 1 is 1.04 bits per heavy atom. The van der Waals surface area contributed by atoms with Crippen molar-refractivity contribution in [3.05, 3.63) is 53.7 Å². The monoisotopic (exact) mass is 341 g/mol. The number of aromatic amines is 1. The smallest absolute Gasteiger partial charge is 0.124 e. The third-order valence-electron chi connectivity index (χ3n) is 4.76. The first-order valence-electron chi connectivity index (χ1n) is 8.42. The van der Waals surface area contributed by atoms with Crippen molar-refractivity contribution >= 4 is 22.5 Å². The van der Waals surface area contributed by atoms with Gasteiger partial charge in [-0.25, -0.2) is 0 Å². The summed E-state index contributed by atoms with van der Waals surface area (Å²) in [5.41, 5.74) is 3.10. The van der Waals surface area contributed by atoms with E-state index in [4.69, 9.17) is 16.3 Å². The summed E-state index contributed by atoms with van der Waals surface area (Å²) in [6, 6.07) is 14.0. The Labute approximate surface area is 146 Å². The molecule has 1 fully saturated rings. The fourth-order valence-corrected chi connectivity index (χ4v) is 3.67. The first kappa shape index (κ1) is 15.6. The highest BCUT2D eigenvalue weighted by atomic mass is 35.5. The van der Waals surface area contributed by atoms with Gasteiger partial charge in [-0.15, -0.1) is 0 Å². The number of benzene rings is 2. The maximum Gasteiger partial charge on any atom is 0.124 e. The number of hydrogen-bond acceptors (Lipinski definition) is 2. The lowest BCUT2D eigenvalue weighted by Crippen LogP contribution is -2.34. The third kappa shape index (κ3) is 3.02. The molecule has 0 spiro atoms. The molecule has 3 nitrogen and oxygen atoms in total. The van der Waals surface area contributed by atoms with Crippen LogP contribution in [0.1, 0.15) is 25.7 Å². The van der Waals surface area contributed by atoms with E-state index in [-0.39, 0.29) is 12.2 Å². The van der Waals surface area contributed by atoms with Crippen LogP contribution in [0.15, 0.2) is 48.7 Å². The van der Waals surface area contributed by atoms with Gasteiger partial charge in [0, 0.05) is 22.7 Å². The summed E-state index contributed by atoms with van der Waals surface area (Å²) in [6.07, 6.45) is 5.41. The number of nitrogens with one attached hydrogen (secondary N) is 1. The van der Waals surface area contributed by atoms with E-state index < -0.39 is 0 Å². The molecule has 0 unspecified atom stereocenters. The normalized spacial score (nSPS) is 21.1. The first-order valence-corrected chi connectivity index (χ1v) is 8.80. The molecule has 1 saturated carbocycles. The van der Waals surface area contributed by atoms with Gasteiger partial charge in [0.2, 0.25) is 0 Å². The summed E-state index contributed by atoms with van der Waals surface area (Å²) in [5.74, 6) is 0.795. The van der Waals surface area contributed by atoms with Crippen LogP contribution >= 0.6 is 11.6 Å². The second-order valence-electron chi connectivity index (χ2n) is 6.43. The van der Waals surface area contributed by atoms with Crippen LogP contribution in [0.5, 0.6) is 5.75 Å². The highest BCUT2D eigenvalue weighted by Gasteiger charge is 2.24. The highest BCUT2D eigenvalue weighted by Crippen LogP contribution is 2.33. The quantitative estimate of drug-likeness (QED) is 0.690. The molecular formula is C20H20ClNO2. The Kier molecular flexibility index (Phi) is 4.21. The Hall–Kier alpha value is -1.97. The van der Waals surface area contributed by atoms with E-state index in [1.165, 1.54) is 0 Å². The predicted octanol–water partition coefficient (Wildman–Crippen LogP) is 5.17. The van der Waals surface area contributed by atoms with E-state index in [0.717, 1.165) is 58.5 Å². The van der Waals surface area contributed by atoms with Crippen molar-refractivity contribution in [1.82, 2.24) is 4.98 Å². The van der Waals surface area contributed by atoms with E-state index in [1.807, 2.05) is 42.6 Å². The summed E-state index contributed by atoms with van der Waals surface area (Å²) >= 11 is 6.42. The van der Waals surface area contributed by atoms with E-state index in [9.17, 15) is 5.11 Å². The number of aromatic nitrogens is 1. The van der Waals surface area contributed by atoms with Gasteiger partial charge in [-0.1, -0.05) is 30.2 Å². The molecule has 4 heteroatoms. The summed E-state index contributed by atoms with van der Waals surface area (Å²) in [4.78, 5) is 3.17. The Balaban J connectivity index is 1.57. The molecule has 1 aliphatic rings. The van der Waals surface area contributed by atoms with E-state index in [2.05, 4.69) is 11.1 Å². The van der Waals surface area contributed by atoms with Gasteiger partial charge in [-0.3, -0.25) is 0 Å². The summed E-state index contributed by atoms with van der Waals surface area (Å²) in [5, 5.41) is 11.9. The number of fused-ring (bicyclic) bond motifs is 1. The fourth-order valence-electron chi connectivity index (χ4n) is 3.40. The number of aliphatic hydroxyl groups excluding tert-OH is 1. The van der Waals surface area contributed by atoms with Crippen LogP contribution in [0.2, 0.25) is 5.02 Å². The predicted molar refractivity (Wildman–Crippen MR) is 97.6 cm³/mol. The first-order chi connectivity index (χ1) is 11.7. The second-order valence-corrected chi connectivity index (χ2v) is 6.84. The van der Waals surface area contributed by atoms with Gasteiger partial charge in [-0.05, 0) is 55.2 Å². The standard InChI is InChI=1S/C20H20ClNO2/c21-17-12-18-14(9-10-22-18)11-16(17)13-5-7-15(8-6-13)24-20-4-2-1-3-19(20)23/h5-12,19-20,22-23H,1-4H2/t19-,20-/m0/s1. The van der Waals surface area contributed by atoms with Gasteiger partial charge in [0.25, 0.3) is 0 Å². The largest absolute Gasteiger partial charge is 0.488 e. The minimum absolute atomic E-state index is 0.0932. The lowest BCUT2D eigenvalue weighted by Gasteiger charge is -2.28. The minimum atomic E-state index is -0.358. The molecule has 1 heterocycles. The van der Waals surface area contributed by atoms with Gasteiger partial charge in [0.05, 0.1) is 11.1 Å². The molecule has 124 valence electrons. The number of aliphatic hydroxyl groups is 1. The van der Waals surface area contributed by atoms with Gasteiger partial charge >= 0.3 is 0 Å². The van der Waals surface area contributed by atoms with Gasteiger partial charge in [0.15, 0.2) is 0 Å². The Morgan fingerprint density at radius 3 is 2.62 bits per heavy atom. The molecule has 1 aliphatic carbocycles. The van der Waals surface area contributed by atoms with Crippen molar-refractivity contribution in [2.24, 2.45) is 0 Å². The maximum atomic E-state index is 10.0. The number of halogens is 1. The van der Waals surface area contributed by atoms with Crippen molar-refractivity contribution in [1.29, 1.82) is 0 Å². The molecule has 0 aliphatic heterocycles. The van der Waals surface area contributed by atoms with Crippen molar-refractivity contribution in [2.75, 3.05) is 0 Å². The Bertz CT molecular complexity index is 840. The number of hydrogen-bond donors (Lipinski definition) is 2. The van der Waals surface area contributed by atoms with Crippen LogP contribution in [0.3, 0.4) is 0 Å². The zero-order chi connectivity index (χ0) is 16.5. The average Bonchev–Trinajstić information content (AvgIpc) is 3.04. The molecule has 0 saturated heterocycles. The summed E-state index contributed by atoms with van der Waals surface area (Å²) in [7, 11) is 0. The second kappa shape index (κ2) is 6.50. The van der Waals surface area contributed by atoms with Crippen LogP contribution in [-0.2, 0) is 0 Å². The zero-order valence-corrected chi connectivity index (χ0v) is 14.1. The third-order valence-corrected chi connectivity index (χ3v) is 5.07. The highest BCUT2D eigenvalue weighted by molar-refractivity contribution is 6.34. The van der Waals surface area contributed by atoms with Crippen LogP contribution in [0.25, 0.3) is 22.0 Å². The SMILES string of the molecule is O[C@H]1CCCC[C@@H]1Oc1ccc(-c2cc3cc[nH]c3cc2Cl)cc1. The van der Waals surface area contributed by atoms with Gasteiger partial charge in [-0.2, -0.15) is 0 Å². The van der Waals surface area contributed by atoms with Crippen LogP contribution in [0, 0.1) is 0 Å². The Morgan fingerprint density at radius 2 is 1.83 bits per heavy atom. The van der Waals surface area contributed by atoms with Crippen LogP contribution < -0.4 is 4.74 Å². The molecule has 1 aromatic heterocycles. The topological polar surface area (TPSA) is 45.2 Å². The van der Waals surface area contributed by atoms with E-state index >= 15 is 0 Å². The van der Waals surface area contributed by atoms with Gasteiger partial charge in [0.1, 0.15) is 11.9 Å². The lowest BCUT2D eigenvalue weighted by molar-refractivity contribution is 0.00688.